The van der Waals surface area contributed by atoms with Gasteiger partial charge in [-0.05, 0) is 31.2 Å². The van der Waals surface area contributed by atoms with E-state index in [1.165, 1.54) is 6.92 Å². The van der Waals surface area contributed by atoms with Gasteiger partial charge < -0.3 is 15.5 Å². The minimum absolute atomic E-state index is 0.0495. The highest BCUT2D eigenvalue weighted by Gasteiger charge is 2.19. The Morgan fingerprint density at radius 1 is 1.42 bits per heavy atom. The van der Waals surface area contributed by atoms with Gasteiger partial charge in [-0.25, -0.2) is 0 Å². The molecule has 0 spiro atoms. The third-order valence-corrected chi connectivity index (χ3v) is 3.68. The third-order valence-electron chi connectivity index (χ3n) is 2.42. The van der Waals surface area contributed by atoms with Crippen LogP contribution in [0.15, 0.2) is 29.2 Å². The molecule has 0 saturated heterocycles. The molecule has 0 aliphatic heterocycles. The van der Waals surface area contributed by atoms with Gasteiger partial charge in [-0.3, -0.25) is 4.79 Å². The lowest BCUT2D eigenvalue weighted by atomic mass is 10.1. The molecule has 0 heterocycles. The molecule has 0 aliphatic rings. The van der Waals surface area contributed by atoms with Gasteiger partial charge in [0.15, 0.2) is 0 Å². The number of amides is 1. The molecule has 1 amide bonds. The van der Waals surface area contributed by atoms with E-state index >= 15 is 0 Å². The largest absolute Gasteiger partial charge is 0.393 e. The van der Waals surface area contributed by atoms with Crippen LogP contribution in [-0.2, 0) is 4.79 Å². The fourth-order valence-corrected chi connectivity index (χ4v) is 2.20. The van der Waals surface area contributed by atoms with Gasteiger partial charge in [-0.2, -0.15) is 0 Å². The van der Waals surface area contributed by atoms with Crippen LogP contribution in [0.5, 0.6) is 0 Å². The fraction of sp³-hybridized carbons (Fsp3) is 0.462. The molecule has 3 N–H and O–H groups in total. The summed E-state index contributed by atoms with van der Waals surface area (Å²) in [5.74, 6) is 0.504. The summed E-state index contributed by atoms with van der Waals surface area (Å²) in [5.41, 5.74) is -1.26. The Labute approximate surface area is 122 Å². The summed E-state index contributed by atoms with van der Waals surface area (Å²) in [6.45, 7) is 1.14. The number of rotatable bonds is 7. The average Bonchev–Trinajstić information content (AvgIpc) is 2.39. The van der Waals surface area contributed by atoms with Crippen LogP contribution >= 0.6 is 23.4 Å². The quantitative estimate of drug-likeness (QED) is 0.670. The first-order chi connectivity index (χ1) is 8.93. The molecule has 0 saturated carbocycles. The van der Waals surface area contributed by atoms with Gasteiger partial charge in [0.1, 0.15) is 5.60 Å². The Hall–Kier alpha value is -0.750. The number of carbonyl (C=O) groups is 1. The normalized spacial score (nSPS) is 13.9. The topological polar surface area (TPSA) is 69.6 Å². The van der Waals surface area contributed by atoms with Crippen molar-refractivity contribution < 1.29 is 15.0 Å². The number of halogens is 1. The first-order valence-corrected chi connectivity index (χ1v) is 7.27. The highest BCUT2D eigenvalue weighted by atomic mass is 35.5. The van der Waals surface area contributed by atoms with Gasteiger partial charge in [0.2, 0.25) is 5.91 Å². The molecule has 106 valence electrons. The number of benzene rings is 1. The molecule has 0 aliphatic carbocycles. The molecule has 0 bridgehead atoms. The lowest BCUT2D eigenvalue weighted by Crippen LogP contribution is -2.43. The van der Waals surface area contributed by atoms with E-state index in [9.17, 15) is 9.90 Å². The molecular formula is C13H18ClNO3S. The molecule has 1 atom stereocenters. The second-order valence-electron chi connectivity index (χ2n) is 4.48. The van der Waals surface area contributed by atoms with Crippen molar-refractivity contribution in [3.8, 4) is 0 Å². The second kappa shape index (κ2) is 7.75. The number of hydrogen-bond acceptors (Lipinski definition) is 4. The maximum Gasteiger partial charge on any atom is 0.220 e. The zero-order chi connectivity index (χ0) is 14.3. The Kier molecular flexibility index (Phi) is 6.65. The molecule has 4 nitrogen and oxygen atoms in total. The Morgan fingerprint density at radius 2 is 2.05 bits per heavy atom. The zero-order valence-corrected chi connectivity index (χ0v) is 12.3. The number of carbonyl (C=O) groups excluding carboxylic acids is 1. The lowest BCUT2D eigenvalue weighted by Gasteiger charge is -2.20. The molecule has 1 unspecified atom stereocenters. The lowest BCUT2D eigenvalue weighted by molar-refractivity contribution is -0.122. The highest BCUT2D eigenvalue weighted by Crippen LogP contribution is 2.20. The summed E-state index contributed by atoms with van der Waals surface area (Å²) in [7, 11) is 0. The molecule has 6 heteroatoms. The van der Waals surface area contributed by atoms with Crippen molar-refractivity contribution in [3.05, 3.63) is 29.3 Å². The summed E-state index contributed by atoms with van der Waals surface area (Å²) in [4.78, 5) is 12.6. The van der Waals surface area contributed by atoms with Crippen LogP contribution < -0.4 is 5.32 Å². The SMILES string of the molecule is CC(O)(CO)CNC(=O)CCSc1ccc(Cl)cc1. The van der Waals surface area contributed by atoms with Gasteiger partial charge in [0.25, 0.3) is 0 Å². The van der Waals surface area contributed by atoms with Crippen molar-refractivity contribution in [2.24, 2.45) is 0 Å². The molecule has 1 rings (SSSR count). The van der Waals surface area contributed by atoms with Crippen molar-refractivity contribution in [2.45, 2.75) is 23.8 Å². The van der Waals surface area contributed by atoms with E-state index in [0.29, 0.717) is 17.2 Å². The van der Waals surface area contributed by atoms with Crippen molar-refractivity contribution in [1.82, 2.24) is 5.32 Å². The van der Waals surface area contributed by atoms with Gasteiger partial charge in [0.05, 0.1) is 6.61 Å². The van der Waals surface area contributed by atoms with Crippen molar-refractivity contribution in [2.75, 3.05) is 18.9 Å². The first kappa shape index (κ1) is 16.3. The summed E-state index contributed by atoms with van der Waals surface area (Å²) < 4.78 is 0. The maximum atomic E-state index is 11.5. The van der Waals surface area contributed by atoms with E-state index in [-0.39, 0.29) is 19.1 Å². The van der Waals surface area contributed by atoms with E-state index in [4.69, 9.17) is 16.7 Å². The van der Waals surface area contributed by atoms with E-state index in [0.717, 1.165) is 4.90 Å². The van der Waals surface area contributed by atoms with Gasteiger partial charge in [-0.15, -0.1) is 11.8 Å². The summed E-state index contributed by atoms with van der Waals surface area (Å²) in [6.07, 6.45) is 0.356. The molecule has 19 heavy (non-hydrogen) atoms. The van der Waals surface area contributed by atoms with Crippen molar-refractivity contribution in [3.63, 3.8) is 0 Å². The second-order valence-corrected chi connectivity index (χ2v) is 6.09. The molecule has 0 aromatic heterocycles. The van der Waals surface area contributed by atoms with Crippen LogP contribution in [0.2, 0.25) is 5.02 Å². The van der Waals surface area contributed by atoms with Crippen LogP contribution in [0.4, 0.5) is 0 Å². The standard InChI is InChI=1S/C13H18ClNO3S/c1-13(18,9-16)8-15-12(17)6-7-19-11-4-2-10(14)3-5-11/h2-5,16,18H,6-9H2,1H3,(H,15,17). The van der Waals surface area contributed by atoms with Crippen LogP contribution in [-0.4, -0.2) is 40.6 Å². The number of nitrogens with one attached hydrogen (secondary N) is 1. The third kappa shape index (κ3) is 6.82. The fourth-order valence-electron chi connectivity index (χ4n) is 1.23. The van der Waals surface area contributed by atoms with E-state index in [1.54, 1.807) is 11.8 Å². The molecule has 0 radical (unpaired) electrons. The monoisotopic (exact) mass is 303 g/mol. The number of aliphatic hydroxyl groups excluding tert-OH is 1. The number of aliphatic hydroxyl groups is 2. The van der Waals surface area contributed by atoms with Crippen molar-refractivity contribution >= 4 is 29.3 Å². The molecule has 1 aromatic rings. The van der Waals surface area contributed by atoms with Crippen LogP contribution in [0.25, 0.3) is 0 Å². The minimum Gasteiger partial charge on any atom is -0.393 e. The molecule has 0 fully saturated rings. The summed E-state index contributed by atoms with van der Waals surface area (Å²) in [5, 5.41) is 21.6. The average molecular weight is 304 g/mol. The Bertz CT molecular complexity index is 409. The number of hydrogen-bond donors (Lipinski definition) is 3. The van der Waals surface area contributed by atoms with E-state index in [1.807, 2.05) is 24.3 Å². The van der Waals surface area contributed by atoms with Gasteiger partial charge >= 0.3 is 0 Å². The van der Waals surface area contributed by atoms with E-state index < -0.39 is 5.60 Å². The maximum absolute atomic E-state index is 11.5. The summed E-state index contributed by atoms with van der Waals surface area (Å²) in [6, 6.07) is 7.42. The van der Waals surface area contributed by atoms with Gasteiger partial charge in [0, 0.05) is 28.6 Å². The minimum atomic E-state index is -1.26. The molecular weight excluding hydrogens is 286 g/mol. The van der Waals surface area contributed by atoms with E-state index in [2.05, 4.69) is 5.32 Å². The predicted molar refractivity (Wildman–Crippen MR) is 77.5 cm³/mol. The van der Waals surface area contributed by atoms with Crippen LogP contribution in [0.3, 0.4) is 0 Å². The first-order valence-electron chi connectivity index (χ1n) is 5.91. The predicted octanol–water partition coefficient (Wildman–Crippen LogP) is 1.68. The summed E-state index contributed by atoms with van der Waals surface area (Å²) >= 11 is 7.34. The Morgan fingerprint density at radius 3 is 2.63 bits per heavy atom. The number of thioether (sulfide) groups is 1. The van der Waals surface area contributed by atoms with Crippen LogP contribution in [0, 0.1) is 0 Å². The zero-order valence-electron chi connectivity index (χ0n) is 10.7. The van der Waals surface area contributed by atoms with Crippen LogP contribution in [0.1, 0.15) is 13.3 Å². The highest BCUT2D eigenvalue weighted by molar-refractivity contribution is 7.99. The Balaban J connectivity index is 2.22. The van der Waals surface area contributed by atoms with Gasteiger partial charge in [-0.1, -0.05) is 11.6 Å². The molecule has 1 aromatic carbocycles. The van der Waals surface area contributed by atoms with Crippen molar-refractivity contribution in [1.29, 1.82) is 0 Å². The smallest absolute Gasteiger partial charge is 0.220 e.